The first-order valence-corrected chi connectivity index (χ1v) is 9.73. The van der Waals surface area contributed by atoms with Gasteiger partial charge in [0.05, 0.1) is 10.3 Å². The van der Waals surface area contributed by atoms with E-state index in [1.165, 1.54) is 11.8 Å². The average Bonchev–Trinajstić information content (AvgIpc) is 2.94. The van der Waals surface area contributed by atoms with Crippen LogP contribution >= 0.6 is 23.4 Å². The van der Waals surface area contributed by atoms with Crippen molar-refractivity contribution in [3.05, 3.63) is 35.1 Å². The van der Waals surface area contributed by atoms with E-state index in [1.54, 1.807) is 12.1 Å². The van der Waals surface area contributed by atoms with Crippen molar-refractivity contribution in [2.24, 2.45) is 7.05 Å². The summed E-state index contributed by atoms with van der Waals surface area (Å²) < 4.78 is 7.54. The molecular weight excluding hydrogens is 372 g/mol. The molecular formula is C18H25ClN4O2S. The molecule has 1 N–H and O–H groups in total. The zero-order chi connectivity index (χ0) is 19.3. The van der Waals surface area contributed by atoms with E-state index < -0.39 is 0 Å². The zero-order valence-corrected chi connectivity index (χ0v) is 17.3. The van der Waals surface area contributed by atoms with E-state index in [1.807, 2.05) is 51.4 Å². The molecule has 0 saturated heterocycles. The van der Waals surface area contributed by atoms with Gasteiger partial charge in [-0.3, -0.25) is 4.79 Å². The molecule has 0 radical (unpaired) electrons. The summed E-state index contributed by atoms with van der Waals surface area (Å²) in [6.07, 6.45) is 0.865. The summed E-state index contributed by atoms with van der Waals surface area (Å²) in [7, 11) is 1.86. The highest BCUT2D eigenvalue weighted by molar-refractivity contribution is 8.00. The van der Waals surface area contributed by atoms with Crippen LogP contribution in [0.1, 0.15) is 39.9 Å². The first-order chi connectivity index (χ1) is 12.2. The molecule has 26 heavy (non-hydrogen) atoms. The number of para-hydroxylation sites is 1. The molecule has 142 valence electrons. The fraction of sp³-hybridized carbons (Fsp3) is 0.500. The maximum Gasteiger partial charge on any atom is 0.233 e. The second-order valence-electron chi connectivity index (χ2n) is 6.66. The van der Waals surface area contributed by atoms with Crippen LogP contribution in [0.5, 0.6) is 5.75 Å². The zero-order valence-electron chi connectivity index (χ0n) is 15.7. The number of nitrogens with zero attached hydrogens (tertiary/aromatic N) is 3. The second-order valence-corrected chi connectivity index (χ2v) is 8.38. The summed E-state index contributed by atoms with van der Waals surface area (Å²) in [5, 5.41) is 12.3. The predicted molar refractivity (Wildman–Crippen MR) is 105 cm³/mol. The largest absolute Gasteiger partial charge is 0.484 e. The number of hydrogen-bond donors (Lipinski definition) is 1. The molecule has 8 heteroatoms. The Kier molecular flexibility index (Phi) is 6.94. The van der Waals surface area contributed by atoms with Crippen LogP contribution < -0.4 is 10.1 Å². The quantitative estimate of drug-likeness (QED) is 0.686. The number of amides is 1. The molecule has 6 nitrogen and oxygen atoms in total. The van der Waals surface area contributed by atoms with Gasteiger partial charge in [0.2, 0.25) is 5.91 Å². The third kappa shape index (κ3) is 5.38. The van der Waals surface area contributed by atoms with Gasteiger partial charge in [-0.1, -0.05) is 42.4 Å². The Bertz CT molecular complexity index is 763. The van der Waals surface area contributed by atoms with Gasteiger partial charge in [0.15, 0.2) is 11.0 Å². The summed E-state index contributed by atoms with van der Waals surface area (Å²) in [4.78, 5) is 12.4. The minimum Gasteiger partial charge on any atom is -0.484 e. The number of thioether (sulfide) groups is 1. The summed E-state index contributed by atoms with van der Waals surface area (Å²) >= 11 is 7.46. The number of rotatable bonds is 8. The fourth-order valence-electron chi connectivity index (χ4n) is 2.01. The van der Waals surface area contributed by atoms with Crippen LogP contribution in [0, 0.1) is 0 Å². The molecule has 0 spiro atoms. The van der Waals surface area contributed by atoms with Crippen molar-refractivity contribution < 1.29 is 9.53 Å². The first kappa shape index (κ1) is 20.6. The van der Waals surface area contributed by atoms with Gasteiger partial charge >= 0.3 is 0 Å². The lowest BCUT2D eigenvalue weighted by molar-refractivity contribution is -0.121. The second kappa shape index (κ2) is 8.77. The summed E-state index contributed by atoms with van der Waals surface area (Å²) in [5.41, 5.74) is -0.222. The van der Waals surface area contributed by atoms with Crippen LogP contribution in [0.4, 0.5) is 0 Å². The van der Waals surface area contributed by atoms with Gasteiger partial charge in [0.25, 0.3) is 0 Å². The van der Waals surface area contributed by atoms with Crippen molar-refractivity contribution in [2.75, 3.05) is 0 Å². The Morgan fingerprint density at radius 2 is 2.08 bits per heavy atom. The Labute approximate surface area is 163 Å². The van der Waals surface area contributed by atoms with Crippen molar-refractivity contribution in [3.8, 4) is 5.75 Å². The minimum absolute atomic E-state index is 0.0151. The van der Waals surface area contributed by atoms with Crippen LogP contribution in [0.15, 0.2) is 29.4 Å². The number of carbonyl (C=O) groups is 1. The molecule has 0 saturated carbocycles. The van der Waals surface area contributed by atoms with Gasteiger partial charge in [-0.2, -0.15) is 0 Å². The molecule has 1 aromatic heterocycles. The Morgan fingerprint density at radius 3 is 2.73 bits per heavy atom. The van der Waals surface area contributed by atoms with Crippen LogP contribution in [-0.4, -0.2) is 31.5 Å². The van der Waals surface area contributed by atoms with Crippen LogP contribution in [-0.2, 0) is 18.4 Å². The Hall–Kier alpha value is -1.73. The van der Waals surface area contributed by atoms with E-state index >= 15 is 0 Å². The molecule has 0 bridgehead atoms. The lowest BCUT2D eigenvalue weighted by Gasteiger charge is -2.26. The van der Waals surface area contributed by atoms with Gasteiger partial charge in [0, 0.05) is 12.6 Å². The Balaban J connectivity index is 1.98. The lowest BCUT2D eigenvalue weighted by atomic mass is 10.0. The highest BCUT2D eigenvalue weighted by atomic mass is 35.5. The Morgan fingerprint density at radius 1 is 1.38 bits per heavy atom. The SMILES string of the molecule is CCC(C)(C)NC(=O)C(C)Sc1nnc(COc2ccccc2Cl)n1C. The molecule has 1 atom stereocenters. The summed E-state index contributed by atoms with van der Waals surface area (Å²) in [6.45, 7) is 8.17. The maximum atomic E-state index is 12.4. The first-order valence-electron chi connectivity index (χ1n) is 8.47. The van der Waals surface area contributed by atoms with Crippen molar-refractivity contribution in [1.29, 1.82) is 0 Å². The van der Waals surface area contributed by atoms with Crippen molar-refractivity contribution >= 4 is 29.3 Å². The van der Waals surface area contributed by atoms with Crippen LogP contribution in [0.25, 0.3) is 0 Å². The number of carbonyl (C=O) groups excluding carboxylic acids is 1. The van der Waals surface area contributed by atoms with Crippen LogP contribution in [0.3, 0.4) is 0 Å². The van der Waals surface area contributed by atoms with E-state index in [9.17, 15) is 4.79 Å². The maximum absolute atomic E-state index is 12.4. The molecule has 1 unspecified atom stereocenters. The molecule has 2 aromatic rings. The molecule has 2 rings (SSSR count). The van der Waals surface area contributed by atoms with Gasteiger partial charge < -0.3 is 14.6 Å². The molecule has 0 fully saturated rings. The number of benzene rings is 1. The molecule has 1 aromatic carbocycles. The van der Waals surface area contributed by atoms with Crippen LogP contribution in [0.2, 0.25) is 5.02 Å². The summed E-state index contributed by atoms with van der Waals surface area (Å²) in [5.74, 6) is 1.24. The third-order valence-electron chi connectivity index (χ3n) is 4.12. The van der Waals surface area contributed by atoms with Gasteiger partial charge in [-0.25, -0.2) is 0 Å². The van der Waals surface area contributed by atoms with Crippen molar-refractivity contribution in [1.82, 2.24) is 20.1 Å². The van der Waals surface area contributed by atoms with Gasteiger partial charge in [-0.05, 0) is 39.3 Å². The average molecular weight is 397 g/mol. The molecule has 1 amide bonds. The monoisotopic (exact) mass is 396 g/mol. The van der Waals surface area contributed by atoms with Crippen molar-refractivity contribution in [3.63, 3.8) is 0 Å². The molecule has 0 aliphatic heterocycles. The van der Waals surface area contributed by atoms with E-state index in [-0.39, 0.29) is 23.3 Å². The van der Waals surface area contributed by atoms with E-state index in [2.05, 4.69) is 15.5 Å². The smallest absolute Gasteiger partial charge is 0.233 e. The highest BCUT2D eigenvalue weighted by Crippen LogP contribution is 2.25. The van der Waals surface area contributed by atoms with E-state index in [0.717, 1.165) is 6.42 Å². The minimum atomic E-state index is -0.277. The van der Waals surface area contributed by atoms with Crippen molar-refractivity contribution in [2.45, 2.75) is 56.7 Å². The van der Waals surface area contributed by atoms with Gasteiger partial charge in [0.1, 0.15) is 12.4 Å². The lowest BCUT2D eigenvalue weighted by Crippen LogP contribution is -2.46. The number of ether oxygens (including phenoxy) is 1. The highest BCUT2D eigenvalue weighted by Gasteiger charge is 2.24. The number of nitrogens with one attached hydrogen (secondary N) is 1. The standard InChI is InChI=1S/C18H25ClN4O2S/c1-6-18(3,4)20-16(24)12(2)26-17-22-21-15(23(17)5)11-25-14-10-8-7-9-13(14)19/h7-10,12H,6,11H2,1-5H3,(H,20,24). The van der Waals surface area contributed by atoms with E-state index in [4.69, 9.17) is 16.3 Å². The number of hydrogen-bond acceptors (Lipinski definition) is 5. The third-order valence-corrected chi connectivity index (χ3v) is 5.56. The topological polar surface area (TPSA) is 69.0 Å². The normalized spacial score (nSPS) is 12.7. The molecule has 0 aliphatic rings. The molecule has 1 heterocycles. The predicted octanol–water partition coefficient (Wildman–Crippen LogP) is 3.83. The number of halogens is 1. The van der Waals surface area contributed by atoms with Gasteiger partial charge in [-0.15, -0.1) is 10.2 Å². The van der Waals surface area contributed by atoms with E-state index in [0.29, 0.717) is 21.8 Å². The summed E-state index contributed by atoms with van der Waals surface area (Å²) in [6, 6.07) is 7.28. The molecule has 0 aliphatic carbocycles. The fourth-order valence-corrected chi connectivity index (χ4v) is 3.04. The number of aromatic nitrogens is 3.